The normalized spacial score (nSPS) is 22.8. The van der Waals surface area contributed by atoms with Crippen LogP contribution in [0.15, 0.2) is 78.9 Å². The zero-order chi connectivity index (χ0) is 27.4. The van der Waals surface area contributed by atoms with E-state index in [0.717, 1.165) is 16.2 Å². The van der Waals surface area contributed by atoms with Gasteiger partial charge in [-0.15, -0.1) is 0 Å². The smallest absolute Gasteiger partial charge is 0.308 e. The molecule has 194 valence electrons. The summed E-state index contributed by atoms with van der Waals surface area (Å²) in [5.41, 5.74) is 1.96. The minimum absolute atomic E-state index is 0.165. The lowest BCUT2D eigenvalue weighted by atomic mass is 9.86. The molecule has 4 atom stereocenters. The van der Waals surface area contributed by atoms with Crippen LogP contribution >= 0.6 is 0 Å². The van der Waals surface area contributed by atoms with Gasteiger partial charge < -0.3 is 9.64 Å². The van der Waals surface area contributed by atoms with Crippen LogP contribution in [0.2, 0.25) is 0 Å². The van der Waals surface area contributed by atoms with Crippen molar-refractivity contribution in [1.29, 1.82) is 0 Å². The van der Waals surface area contributed by atoms with Crippen LogP contribution in [0.5, 0.6) is 5.75 Å². The van der Waals surface area contributed by atoms with E-state index in [2.05, 4.69) is 0 Å². The Bertz CT molecular complexity index is 1580. The van der Waals surface area contributed by atoms with Gasteiger partial charge >= 0.3 is 5.97 Å². The molecule has 10 nitrogen and oxygen atoms in total. The number of hydrogen-bond acceptors (Lipinski definition) is 8. The number of Topliss-reactive ketones (excluding diaryl/α,β-unsaturated/α-hetero) is 1. The molecule has 3 aromatic rings. The van der Waals surface area contributed by atoms with E-state index in [-0.39, 0.29) is 22.9 Å². The summed E-state index contributed by atoms with van der Waals surface area (Å²) in [5.74, 6) is -3.36. The second kappa shape index (κ2) is 9.02. The molecule has 39 heavy (non-hydrogen) atoms. The largest absolute Gasteiger partial charge is 0.427 e. The van der Waals surface area contributed by atoms with Gasteiger partial charge in [-0.2, -0.15) is 0 Å². The molecule has 2 fully saturated rings. The maximum atomic E-state index is 14.1. The molecule has 0 radical (unpaired) electrons. The number of ether oxygens (including phenoxy) is 1. The maximum absolute atomic E-state index is 14.1. The maximum Gasteiger partial charge on any atom is 0.308 e. The van der Waals surface area contributed by atoms with Gasteiger partial charge in [-0.3, -0.25) is 29.3 Å². The Morgan fingerprint density at radius 3 is 2.23 bits per heavy atom. The number of nitro groups is 1. The molecule has 0 saturated carbocycles. The Labute approximate surface area is 222 Å². The fraction of sp³-hybridized carbons (Fsp3) is 0.172. The average molecular weight is 524 g/mol. The van der Waals surface area contributed by atoms with Gasteiger partial charge in [0.1, 0.15) is 11.8 Å². The monoisotopic (exact) mass is 523 g/mol. The van der Waals surface area contributed by atoms with E-state index >= 15 is 0 Å². The van der Waals surface area contributed by atoms with Gasteiger partial charge in [-0.1, -0.05) is 30.4 Å². The number of para-hydroxylation sites is 1. The quantitative estimate of drug-likeness (QED) is 0.123. The highest BCUT2D eigenvalue weighted by molar-refractivity contribution is 6.25. The first-order valence-corrected chi connectivity index (χ1v) is 12.3. The third kappa shape index (κ3) is 3.80. The number of imide groups is 1. The van der Waals surface area contributed by atoms with Crippen LogP contribution in [-0.2, 0) is 14.4 Å². The van der Waals surface area contributed by atoms with Gasteiger partial charge in [-0.25, -0.2) is 4.90 Å². The van der Waals surface area contributed by atoms with Crippen molar-refractivity contribution in [1.82, 2.24) is 0 Å². The molecule has 0 aromatic heterocycles. The van der Waals surface area contributed by atoms with E-state index in [1.54, 1.807) is 0 Å². The number of amides is 2. The van der Waals surface area contributed by atoms with Crippen molar-refractivity contribution in [2.75, 3.05) is 9.80 Å². The molecule has 3 heterocycles. The van der Waals surface area contributed by atoms with Crippen molar-refractivity contribution in [3.05, 3.63) is 100 Å². The van der Waals surface area contributed by atoms with Gasteiger partial charge in [0.15, 0.2) is 5.78 Å². The van der Waals surface area contributed by atoms with E-state index in [9.17, 15) is 29.3 Å². The SMILES string of the molecule is CC(=O)Oc1ccc(C(=O)[C@@H]2[C@@H]3C(=O)N(c4ccc([N+](=O)[O-])cc4)C(=O)[C@H]3[C@@H]3C=Cc4ccccc4N23)cc1. The van der Waals surface area contributed by atoms with E-state index in [0.29, 0.717) is 5.56 Å². The van der Waals surface area contributed by atoms with Crippen molar-refractivity contribution >= 4 is 46.7 Å². The number of fused-ring (bicyclic) bond motifs is 5. The lowest BCUT2D eigenvalue weighted by Crippen LogP contribution is -2.48. The fourth-order valence-corrected chi connectivity index (χ4v) is 5.82. The summed E-state index contributed by atoms with van der Waals surface area (Å²) in [6.45, 7) is 1.28. The number of non-ortho nitro benzene ring substituents is 1. The zero-order valence-corrected chi connectivity index (χ0v) is 20.6. The van der Waals surface area contributed by atoms with E-state index in [1.807, 2.05) is 41.3 Å². The Balaban J connectivity index is 1.42. The molecule has 3 aliphatic heterocycles. The molecule has 6 rings (SSSR count). The summed E-state index contributed by atoms with van der Waals surface area (Å²) >= 11 is 0. The molecule has 0 spiro atoms. The molecule has 2 amide bonds. The number of benzene rings is 3. The van der Waals surface area contributed by atoms with Gasteiger partial charge in [0.05, 0.1) is 28.5 Å². The number of nitrogens with zero attached hydrogens (tertiary/aromatic N) is 3. The summed E-state index contributed by atoms with van der Waals surface area (Å²) in [6.07, 6.45) is 3.74. The number of ketones is 1. The minimum atomic E-state index is -0.981. The van der Waals surface area contributed by atoms with Crippen LogP contribution in [-0.4, -0.2) is 40.6 Å². The molecule has 0 bridgehead atoms. The molecule has 2 saturated heterocycles. The lowest BCUT2D eigenvalue weighted by molar-refractivity contribution is -0.384. The highest BCUT2D eigenvalue weighted by atomic mass is 16.6. The molecular weight excluding hydrogens is 502 g/mol. The van der Waals surface area contributed by atoms with Crippen LogP contribution in [0.3, 0.4) is 0 Å². The van der Waals surface area contributed by atoms with Crippen molar-refractivity contribution in [2.45, 2.75) is 19.0 Å². The molecule has 10 heteroatoms. The Morgan fingerprint density at radius 1 is 0.897 bits per heavy atom. The Morgan fingerprint density at radius 2 is 1.56 bits per heavy atom. The van der Waals surface area contributed by atoms with Crippen molar-refractivity contribution < 1.29 is 28.8 Å². The fourth-order valence-electron chi connectivity index (χ4n) is 5.82. The molecule has 0 N–H and O–H groups in total. The van der Waals surface area contributed by atoms with Crippen molar-refractivity contribution in [3.8, 4) is 5.75 Å². The number of anilines is 2. The van der Waals surface area contributed by atoms with E-state index in [1.165, 1.54) is 55.5 Å². The predicted molar refractivity (Wildman–Crippen MR) is 140 cm³/mol. The third-order valence-electron chi connectivity index (χ3n) is 7.40. The van der Waals surface area contributed by atoms with Crippen LogP contribution in [0.1, 0.15) is 22.8 Å². The van der Waals surface area contributed by atoms with E-state index in [4.69, 9.17) is 4.74 Å². The molecule has 0 unspecified atom stereocenters. The topological polar surface area (TPSA) is 127 Å². The highest BCUT2D eigenvalue weighted by Crippen LogP contribution is 2.49. The van der Waals surface area contributed by atoms with Crippen molar-refractivity contribution in [2.24, 2.45) is 11.8 Å². The van der Waals surface area contributed by atoms with E-state index < -0.39 is 46.6 Å². The lowest BCUT2D eigenvalue weighted by Gasteiger charge is -2.36. The van der Waals surface area contributed by atoms with Gasteiger partial charge in [0.2, 0.25) is 11.8 Å². The van der Waals surface area contributed by atoms with Crippen LogP contribution in [0.25, 0.3) is 6.08 Å². The molecule has 0 aliphatic carbocycles. The summed E-state index contributed by atoms with van der Waals surface area (Å²) in [4.78, 5) is 66.5. The number of hydrogen-bond donors (Lipinski definition) is 0. The number of esters is 1. The molecule has 3 aromatic carbocycles. The van der Waals surface area contributed by atoms with Crippen LogP contribution in [0.4, 0.5) is 17.1 Å². The third-order valence-corrected chi connectivity index (χ3v) is 7.40. The molecular formula is C29H21N3O7. The predicted octanol–water partition coefficient (Wildman–Crippen LogP) is 3.79. The molecule has 3 aliphatic rings. The van der Waals surface area contributed by atoms with Crippen LogP contribution in [0, 0.1) is 22.0 Å². The van der Waals surface area contributed by atoms with Gasteiger partial charge in [0, 0.05) is 30.3 Å². The average Bonchev–Trinajstić information content (AvgIpc) is 3.41. The Hall–Kier alpha value is -5.12. The summed E-state index contributed by atoms with van der Waals surface area (Å²) in [7, 11) is 0. The highest BCUT2D eigenvalue weighted by Gasteiger charge is 2.64. The van der Waals surface area contributed by atoms with Gasteiger partial charge in [-0.05, 0) is 48.0 Å². The summed E-state index contributed by atoms with van der Waals surface area (Å²) < 4.78 is 5.08. The first-order chi connectivity index (χ1) is 18.8. The standard InChI is InChI=1S/C29H21N3O7/c1-16(33)39-21-13-6-18(7-14-21)27(34)26-25-24(23-15-8-17-4-2-3-5-22(17)31(23)26)28(35)30(29(25)36)19-9-11-20(12-10-19)32(37)38/h2-15,23-26H,1H3/t23-,24-,25+,26-/m0/s1. The van der Waals surface area contributed by atoms with Crippen molar-refractivity contribution in [3.63, 3.8) is 0 Å². The number of nitro benzene ring substituents is 1. The number of rotatable bonds is 5. The van der Waals surface area contributed by atoms with Crippen LogP contribution < -0.4 is 14.5 Å². The Kier molecular flexibility index (Phi) is 5.60. The number of carbonyl (C=O) groups excluding carboxylic acids is 4. The first-order valence-electron chi connectivity index (χ1n) is 12.3. The first kappa shape index (κ1) is 24.2. The minimum Gasteiger partial charge on any atom is -0.427 e. The number of carbonyl (C=O) groups is 4. The van der Waals surface area contributed by atoms with Gasteiger partial charge in [0.25, 0.3) is 5.69 Å². The second-order valence-corrected chi connectivity index (χ2v) is 9.58. The summed E-state index contributed by atoms with van der Waals surface area (Å²) in [5, 5.41) is 11.1. The summed E-state index contributed by atoms with van der Waals surface area (Å²) in [6, 6.07) is 17.2. The second-order valence-electron chi connectivity index (χ2n) is 9.58. The zero-order valence-electron chi connectivity index (χ0n) is 20.6.